The van der Waals surface area contributed by atoms with Crippen LogP contribution in [-0.4, -0.2) is 16.5 Å². The maximum Gasteiger partial charge on any atom is 0.232 e. The molecule has 0 bridgehead atoms. The largest absolute Gasteiger partial charge is 0.477 e. The number of hydrogen-bond donors (Lipinski definition) is 0. The van der Waals surface area contributed by atoms with E-state index in [4.69, 9.17) is 18.5 Å². The molecular formula is C6H6BrClN2O. The van der Waals surface area contributed by atoms with Crippen molar-refractivity contribution in [1.29, 1.82) is 0 Å². The van der Waals surface area contributed by atoms with Crippen molar-refractivity contribution in [3.05, 3.63) is 16.0 Å². The predicted octanol–water partition coefficient (Wildman–Crippen LogP) is 2.29. The highest BCUT2D eigenvalue weighted by Gasteiger charge is 2.05. The number of rotatable bonds is 2. The minimum Gasteiger partial charge on any atom is -0.477 e. The zero-order valence-corrected chi connectivity index (χ0v) is 7.48. The first-order valence-electron chi connectivity index (χ1n) is 5.00. The highest BCUT2D eigenvalue weighted by Crippen LogP contribution is 2.27. The van der Waals surface area contributed by atoms with Crippen LogP contribution in [0.4, 0.5) is 0 Å². The minimum atomic E-state index is -2.93. The highest BCUT2D eigenvalue weighted by atomic mass is 79.9. The molecule has 0 saturated carbocycles. The molecule has 1 rings (SSSR count). The van der Waals surface area contributed by atoms with Crippen LogP contribution in [0.1, 0.15) is 13.7 Å². The van der Waals surface area contributed by atoms with Crippen LogP contribution in [0.2, 0.25) is 5.15 Å². The van der Waals surface area contributed by atoms with Gasteiger partial charge in [0.05, 0.1) is 9.30 Å². The Morgan fingerprint density at radius 2 is 2.73 bits per heavy atom. The molecule has 11 heavy (non-hydrogen) atoms. The third kappa shape index (κ3) is 2.04. The molecule has 0 N–H and O–H groups in total. The molecular weight excluding hydrogens is 231 g/mol. The van der Waals surface area contributed by atoms with E-state index in [1.165, 1.54) is 0 Å². The maximum absolute atomic E-state index is 7.24. The predicted molar refractivity (Wildman–Crippen MR) is 45.9 cm³/mol. The average molecular weight is 243 g/mol. The summed E-state index contributed by atoms with van der Waals surface area (Å²) in [7, 11) is 0. The van der Waals surface area contributed by atoms with E-state index in [2.05, 4.69) is 30.6 Å². The van der Waals surface area contributed by atoms with Gasteiger partial charge < -0.3 is 4.74 Å². The van der Waals surface area contributed by atoms with Gasteiger partial charge in [0.25, 0.3) is 0 Å². The van der Waals surface area contributed by atoms with Gasteiger partial charge >= 0.3 is 0 Å². The number of nitrogens with zero attached hydrogens (tertiary/aromatic N) is 2. The Labute approximate surface area is 84.9 Å². The van der Waals surface area contributed by atoms with Crippen molar-refractivity contribution >= 4 is 27.5 Å². The number of aromatic nitrogens is 2. The fourth-order valence-corrected chi connectivity index (χ4v) is 0.863. The molecule has 0 spiro atoms. The van der Waals surface area contributed by atoms with Gasteiger partial charge in [0.2, 0.25) is 5.88 Å². The SMILES string of the molecule is [2H]C([2H])([2H])C([2H])([2H])Oc1ncnc(Cl)c1Br. The fourth-order valence-electron chi connectivity index (χ4n) is 0.453. The fraction of sp³-hybridized carbons (Fsp3) is 0.333. The Morgan fingerprint density at radius 1 is 1.91 bits per heavy atom. The average Bonchev–Trinajstić information content (AvgIpc) is 2.11. The third-order valence-corrected chi connectivity index (χ3v) is 2.09. The van der Waals surface area contributed by atoms with Crippen LogP contribution in [0.5, 0.6) is 5.88 Å². The molecule has 60 valence electrons. The molecule has 0 aliphatic rings. The Morgan fingerprint density at radius 3 is 3.45 bits per heavy atom. The number of ether oxygens (including phenoxy) is 1. The lowest BCUT2D eigenvalue weighted by Crippen LogP contribution is -1.96. The van der Waals surface area contributed by atoms with Gasteiger partial charge in [0, 0.05) is 4.11 Å². The summed E-state index contributed by atoms with van der Waals surface area (Å²) in [6.45, 7) is -5.78. The molecule has 0 radical (unpaired) electrons. The van der Waals surface area contributed by atoms with Crippen molar-refractivity contribution in [2.24, 2.45) is 0 Å². The summed E-state index contributed by atoms with van der Waals surface area (Å²) in [6, 6.07) is 0. The van der Waals surface area contributed by atoms with Gasteiger partial charge in [-0.15, -0.1) is 0 Å². The molecule has 3 nitrogen and oxygen atoms in total. The van der Waals surface area contributed by atoms with Crippen LogP contribution >= 0.6 is 27.5 Å². The van der Waals surface area contributed by atoms with E-state index >= 15 is 0 Å². The summed E-state index contributed by atoms with van der Waals surface area (Å²) < 4.78 is 40.1. The van der Waals surface area contributed by atoms with Gasteiger partial charge in [-0.25, -0.2) is 9.97 Å². The quantitative estimate of drug-likeness (QED) is 0.747. The van der Waals surface area contributed by atoms with Crippen LogP contribution in [0.3, 0.4) is 0 Å². The second kappa shape index (κ2) is 3.88. The molecule has 0 atom stereocenters. The molecule has 1 aromatic heterocycles. The first kappa shape index (κ1) is 4.05. The Hall–Kier alpha value is -0.350. The van der Waals surface area contributed by atoms with E-state index in [0.29, 0.717) is 0 Å². The van der Waals surface area contributed by atoms with E-state index in [1.807, 2.05) is 0 Å². The summed E-state index contributed by atoms with van der Waals surface area (Å²) in [6.07, 6.45) is 1.04. The van der Waals surface area contributed by atoms with Gasteiger partial charge in [-0.05, 0) is 22.8 Å². The zero-order valence-electron chi connectivity index (χ0n) is 10.1. The van der Waals surface area contributed by atoms with Gasteiger partial charge in [-0.2, -0.15) is 0 Å². The summed E-state index contributed by atoms with van der Waals surface area (Å²) >= 11 is 8.58. The monoisotopic (exact) mass is 241 g/mol. The highest BCUT2D eigenvalue weighted by molar-refractivity contribution is 9.10. The lowest BCUT2D eigenvalue weighted by atomic mass is 10.6. The smallest absolute Gasteiger partial charge is 0.232 e. The first-order chi connectivity index (χ1) is 7.15. The third-order valence-electron chi connectivity index (χ3n) is 0.863. The number of halogens is 2. The summed E-state index contributed by atoms with van der Waals surface area (Å²) in [5, 5.41) is 0.00587. The maximum atomic E-state index is 7.24. The van der Waals surface area contributed by atoms with Gasteiger partial charge in [0.1, 0.15) is 10.8 Å². The standard InChI is InChI=1S/C6H6BrClN2O/c1-2-11-6-4(7)5(8)9-3-10-6/h3H,2H2,1H3/i1D3,2D2. The van der Waals surface area contributed by atoms with Crippen molar-refractivity contribution in [3.8, 4) is 5.88 Å². The van der Waals surface area contributed by atoms with E-state index in [-0.39, 0.29) is 15.5 Å². The minimum absolute atomic E-state index is 0.00587. The molecule has 0 amide bonds. The van der Waals surface area contributed by atoms with E-state index in [0.717, 1.165) is 6.33 Å². The molecule has 0 aliphatic carbocycles. The topological polar surface area (TPSA) is 35.0 Å². The lowest BCUT2D eigenvalue weighted by molar-refractivity contribution is 0.324. The lowest BCUT2D eigenvalue weighted by Gasteiger charge is -2.03. The Balaban J connectivity index is 3.02. The summed E-state index contributed by atoms with van der Waals surface area (Å²) in [5.41, 5.74) is 0. The second-order valence-electron chi connectivity index (χ2n) is 1.49. The van der Waals surface area contributed by atoms with E-state index < -0.39 is 13.4 Å². The Kier molecular flexibility index (Phi) is 1.43. The molecule has 0 aliphatic heterocycles. The summed E-state index contributed by atoms with van der Waals surface area (Å²) in [4.78, 5) is 7.18. The van der Waals surface area contributed by atoms with Crippen molar-refractivity contribution in [3.63, 3.8) is 0 Å². The molecule has 1 aromatic rings. The Bertz CT molecular complexity index is 399. The number of hydrogen-bond acceptors (Lipinski definition) is 3. The first-order valence-corrected chi connectivity index (χ1v) is 3.67. The van der Waals surface area contributed by atoms with Crippen LogP contribution in [0, 0.1) is 0 Å². The molecule has 0 fully saturated rings. The van der Waals surface area contributed by atoms with Gasteiger partial charge in [0.15, 0.2) is 5.15 Å². The second-order valence-corrected chi connectivity index (χ2v) is 2.64. The van der Waals surface area contributed by atoms with Crippen molar-refractivity contribution in [2.45, 2.75) is 6.85 Å². The van der Waals surface area contributed by atoms with E-state index in [1.54, 1.807) is 0 Å². The zero-order chi connectivity index (χ0) is 12.6. The molecule has 0 saturated heterocycles. The van der Waals surface area contributed by atoms with Crippen molar-refractivity contribution < 1.29 is 11.6 Å². The van der Waals surface area contributed by atoms with Crippen LogP contribution < -0.4 is 4.74 Å². The van der Waals surface area contributed by atoms with Gasteiger partial charge in [-0.1, -0.05) is 11.6 Å². The molecule has 5 heteroatoms. The normalized spacial score (nSPS) is 18.9. The van der Waals surface area contributed by atoms with E-state index in [9.17, 15) is 0 Å². The van der Waals surface area contributed by atoms with Crippen molar-refractivity contribution in [1.82, 2.24) is 9.97 Å². The summed E-state index contributed by atoms with van der Waals surface area (Å²) in [5.74, 6) is -0.263. The van der Waals surface area contributed by atoms with Crippen LogP contribution in [-0.2, 0) is 0 Å². The molecule has 0 aromatic carbocycles. The van der Waals surface area contributed by atoms with Crippen LogP contribution in [0.25, 0.3) is 0 Å². The van der Waals surface area contributed by atoms with Crippen molar-refractivity contribution in [2.75, 3.05) is 6.56 Å². The molecule has 0 unspecified atom stereocenters. The molecule has 1 heterocycles. The van der Waals surface area contributed by atoms with Crippen LogP contribution in [0.15, 0.2) is 10.8 Å². The van der Waals surface area contributed by atoms with Gasteiger partial charge in [-0.3, -0.25) is 0 Å².